The molecule has 0 amide bonds. The first-order chi connectivity index (χ1) is 5.06. The van der Waals surface area contributed by atoms with Crippen molar-refractivity contribution in [3.05, 3.63) is 0 Å². The molecule has 0 radical (unpaired) electrons. The zero-order chi connectivity index (χ0) is 8.74. The summed E-state index contributed by atoms with van der Waals surface area (Å²) in [7, 11) is -3.25. The number of hydrogen-bond donors (Lipinski definition) is 2. The highest BCUT2D eigenvalue weighted by Crippen LogP contribution is 2.09. The molecule has 0 rings (SSSR count). The lowest BCUT2D eigenvalue weighted by atomic mass is 10.5. The molecule has 0 bridgehead atoms. The number of rotatable bonds is 6. The van der Waals surface area contributed by atoms with E-state index in [4.69, 9.17) is 4.55 Å². The van der Waals surface area contributed by atoms with E-state index in [9.17, 15) is 8.42 Å². The summed E-state index contributed by atoms with van der Waals surface area (Å²) in [6.45, 7) is 3.66. The van der Waals surface area contributed by atoms with Gasteiger partial charge in [-0.1, -0.05) is 6.92 Å². The first-order valence-electron chi connectivity index (χ1n) is 3.39. The molecular weight excluding hydrogens is 186 g/mol. The van der Waals surface area contributed by atoms with Gasteiger partial charge in [0.05, 0.1) is 0 Å². The minimum atomic E-state index is -3.82. The van der Waals surface area contributed by atoms with Crippen molar-refractivity contribution in [3.8, 4) is 0 Å². The third-order valence-corrected chi connectivity index (χ3v) is 3.13. The summed E-state index contributed by atoms with van der Waals surface area (Å²) in [6, 6.07) is 0. The number of nitrogens with one attached hydrogen (secondary N) is 1. The topological polar surface area (TPSA) is 66.4 Å². The Morgan fingerprint density at radius 1 is 1.55 bits per heavy atom. The van der Waals surface area contributed by atoms with E-state index in [0.29, 0.717) is 16.5 Å². The highest BCUT2D eigenvalue weighted by atomic mass is 33.1. The number of hydrogen-bond acceptors (Lipinski definition) is 4. The first-order valence-corrected chi connectivity index (χ1v) is 6.33. The van der Waals surface area contributed by atoms with Gasteiger partial charge in [0.25, 0.3) is 0 Å². The van der Waals surface area contributed by atoms with Gasteiger partial charge in [0.1, 0.15) is 0 Å². The van der Waals surface area contributed by atoms with E-state index < -0.39 is 9.15 Å². The SMILES string of the molecule is CCNCCCSS(=O)(=O)O. The van der Waals surface area contributed by atoms with E-state index in [2.05, 4.69) is 5.32 Å². The van der Waals surface area contributed by atoms with Crippen LogP contribution in [0.4, 0.5) is 0 Å². The van der Waals surface area contributed by atoms with Crippen LogP contribution in [0.3, 0.4) is 0 Å². The van der Waals surface area contributed by atoms with Crippen molar-refractivity contribution in [1.29, 1.82) is 0 Å². The lowest BCUT2D eigenvalue weighted by Crippen LogP contribution is -2.14. The predicted octanol–water partition coefficient (Wildman–Crippen LogP) is 0.522. The van der Waals surface area contributed by atoms with E-state index in [1.807, 2.05) is 6.92 Å². The maximum Gasteiger partial charge on any atom is 0.319 e. The average molecular weight is 199 g/mol. The minimum Gasteiger partial charge on any atom is -0.317 e. The molecule has 0 aromatic heterocycles. The summed E-state index contributed by atoms with van der Waals surface area (Å²) in [6.07, 6.45) is 0.748. The van der Waals surface area contributed by atoms with Crippen molar-refractivity contribution >= 4 is 19.9 Å². The van der Waals surface area contributed by atoms with Crippen molar-refractivity contribution in [2.45, 2.75) is 13.3 Å². The molecule has 0 aliphatic heterocycles. The first kappa shape index (κ1) is 11.2. The molecule has 6 heteroatoms. The van der Waals surface area contributed by atoms with Crippen LogP contribution in [0, 0.1) is 0 Å². The molecular formula is C5H13NO3S2. The Hall–Kier alpha value is 0.220. The molecule has 0 aliphatic rings. The van der Waals surface area contributed by atoms with Gasteiger partial charge in [0, 0.05) is 5.75 Å². The second-order valence-electron chi connectivity index (χ2n) is 1.96. The predicted molar refractivity (Wildman–Crippen MR) is 47.2 cm³/mol. The van der Waals surface area contributed by atoms with E-state index in [-0.39, 0.29) is 0 Å². The van der Waals surface area contributed by atoms with Gasteiger partial charge >= 0.3 is 9.15 Å². The fourth-order valence-corrected chi connectivity index (χ4v) is 2.00. The van der Waals surface area contributed by atoms with Gasteiger partial charge < -0.3 is 5.32 Å². The molecule has 2 N–H and O–H groups in total. The van der Waals surface area contributed by atoms with Gasteiger partial charge in [-0.25, -0.2) is 0 Å². The van der Waals surface area contributed by atoms with Crippen molar-refractivity contribution in [1.82, 2.24) is 5.32 Å². The summed E-state index contributed by atoms with van der Waals surface area (Å²) in [4.78, 5) is 0. The van der Waals surface area contributed by atoms with Gasteiger partial charge in [-0.2, -0.15) is 8.42 Å². The van der Waals surface area contributed by atoms with E-state index in [1.165, 1.54) is 0 Å². The van der Waals surface area contributed by atoms with E-state index >= 15 is 0 Å². The Bertz CT molecular complexity index is 178. The molecule has 0 aromatic rings. The second kappa shape index (κ2) is 5.82. The summed E-state index contributed by atoms with van der Waals surface area (Å²) in [5, 5.41) is 3.04. The van der Waals surface area contributed by atoms with Crippen molar-refractivity contribution in [2.75, 3.05) is 18.8 Å². The molecule has 0 atom stereocenters. The zero-order valence-corrected chi connectivity index (χ0v) is 8.04. The van der Waals surface area contributed by atoms with Gasteiger partial charge in [-0.05, 0) is 30.3 Å². The molecule has 68 valence electrons. The summed E-state index contributed by atoms with van der Waals surface area (Å²) in [5.74, 6) is 0.436. The van der Waals surface area contributed by atoms with Crippen LogP contribution in [-0.4, -0.2) is 31.8 Å². The maximum atomic E-state index is 10.2. The van der Waals surface area contributed by atoms with Crippen LogP contribution >= 0.6 is 10.8 Å². The maximum absolute atomic E-state index is 10.2. The van der Waals surface area contributed by atoms with Gasteiger partial charge in [-0.3, -0.25) is 4.55 Å². The fraction of sp³-hybridized carbons (Fsp3) is 1.00. The van der Waals surface area contributed by atoms with Crippen LogP contribution in [0.15, 0.2) is 0 Å². The van der Waals surface area contributed by atoms with E-state index in [1.54, 1.807) is 0 Å². The van der Waals surface area contributed by atoms with Crippen LogP contribution in [-0.2, 0) is 9.15 Å². The molecule has 0 unspecified atom stereocenters. The third-order valence-electron chi connectivity index (χ3n) is 0.980. The third kappa shape index (κ3) is 10.2. The Kier molecular flexibility index (Phi) is 5.93. The van der Waals surface area contributed by atoms with Gasteiger partial charge in [0.2, 0.25) is 0 Å². The van der Waals surface area contributed by atoms with Gasteiger partial charge in [0.15, 0.2) is 0 Å². The summed E-state index contributed by atoms with van der Waals surface area (Å²) < 4.78 is 28.6. The van der Waals surface area contributed by atoms with Crippen LogP contribution in [0.2, 0.25) is 0 Å². The Balaban J connectivity index is 3.16. The monoisotopic (exact) mass is 199 g/mol. The van der Waals surface area contributed by atoms with Crippen molar-refractivity contribution in [2.24, 2.45) is 0 Å². The molecule has 0 fully saturated rings. The van der Waals surface area contributed by atoms with Crippen LogP contribution in [0.5, 0.6) is 0 Å². The Labute approximate surface area is 70.9 Å². The fourth-order valence-electron chi connectivity index (χ4n) is 0.538. The molecule has 11 heavy (non-hydrogen) atoms. The van der Waals surface area contributed by atoms with Crippen LogP contribution in [0.25, 0.3) is 0 Å². The average Bonchev–Trinajstić information content (AvgIpc) is 1.85. The highest BCUT2D eigenvalue weighted by Gasteiger charge is 2.02. The molecule has 0 spiro atoms. The van der Waals surface area contributed by atoms with Crippen molar-refractivity contribution < 1.29 is 13.0 Å². The lowest BCUT2D eigenvalue weighted by Gasteiger charge is -1.98. The lowest BCUT2D eigenvalue weighted by molar-refractivity contribution is 0.503. The van der Waals surface area contributed by atoms with Crippen molar-refractivity contribution in [3.63, 3.8) is 0 Å². The molecule has 0 saturated heterocycles. The molecule has 4 nitrogen and oxygen atoms in total. The minimum absolute atomic E-state index is 0.436. The summed E-state index contributed by atoms with van der Waals surface area (Å²) >= 11 is 0. The standard InChI is InChI=1S/C5H13NO3S2/c1-2-6-4-3-5-10-11(7,8)9/h6H,2-5H2,1H3,(H,7,8,9). The smallest absolute Gasteiger partial charge is 0.317 e. The van der Waals surface area contributed by atoms with Gasteiger partial charge in [-0.15, -0.1) is 0 Å². The Morgan fingerprint density at radius 2 is 2.18 bits per heavy atom. The second-order valence-corrected chi connectivity index (χ2v) is 5.43. The molecule has 0 heterocycles. The summed E-state index contributed by atoms with van der Waals surface area (Å²) in [5.41, 5.74) is 0. The normalized spacial score (nSPS) is 11.8. The largest absolute Gasteiger partial charge is 0.319 e. The zero-order valence-electron chi connectivity index (χ0n) is 6.41. The molecule has 0 saturated carbocycles. The molecule has 0 aromatic carbocycles. The quantitative estimate of drug-likeness (QED) is 0.371. The van der Waals surface area contributed by atoms with Crippen LogP contribution < -0.4 is 5.32 Å². The molecule has 0 aliphatic carbocycles. The Morgan fingerprint density at radius 3 is 2.64 bits per heavy atom. The highest BCUT2D eigenvalue weighted by molar-refractivity contribution is 8.69. The van der Waals surface area contributed by atoms with E-state index in [0.717, 1.165) is 19.5 Å². The van der Waals surface area contributed by atoms with Crippen LogP contribution in [0.1, 0.15) is 13.3 Å².